The largest absolute Gasteiger partial charge is 0.366 e. The summed E-state index contributed by atoms with van der Waals surface area (Å²) in [4.78, 5) is 15.2. The Hall–Kier alpha value is -2.14. The Bertz CT molecular complexity index is 631. The molecule has 1 fully saturated rings. The van der Waals surface area contributed by atoms with Gasteiger partial charge in [-0.2, -0.15) is 0 Å². The van der Waals surface area contributed by atoms with Gasteiger partial charge in [0.2, 0.25) is 0 Å². The summed E-state index contributed by atoms with van der Waals surface area (Å²) in [5, 5.41) is 2.87. The van der Waals surface area contributed by atoms with E-state index in [0.29, 0.717) is 18.0 Å². The minimum Gasteiger partial charge on any atom is -0.366 e. The number of aromatic nitrogens is 1. The Balaban J connectivity index is 1.71. The van der Waals surface area contributed by atoms with Crippen molar-refractivity contribution in [3.63, 3.8) is 0 Å². The lowest BCUT2D eigenvalue weighted by atomic mass is 10.0. The third-order valence-electron chi connectivity index (χ3n) is 3.87. The molecule has 1 aliphatic carbocycles. The molecule has 110 valence electrons. The van der Waals surface area contributed by atoms with Crippen molar-refractivity contribution in [2.24, 2.45) is 11.7 Å². The van der Waals surface area contributed by atoms with Crippen molar-refractivity contribution in [2.45, 2.75) is 18.9 Å². The molecule has 1 saturated carbocycles. The minimum absolute atomic E-state index is 0.0298. The number of amides is 1. The fraction of sp³-hybridized carbons (Fsp3) is 0.312. The van der Waals surface area contributed by atoms with Crippen molar-refractivity contribution in [1.29, 1.82) is 0 Å². The number of aromatic amines is 1. The molecule has 0 aliphatic heterocycles. The summed E-state index contributed by atoms with van der Waals surface area (Å²) in [6.45, 7) is 0.484. The van der Waals surface area contributed by atoms with Crippen molar-refractivity contribution >= 4 is 5.91 Å². The molecule has 1 aliphatic rings. The first-order chi connectivity index (χ1) is 10.1. The first-order valence-electron chi connectivity index (χ1n) is 7.11. The highest BCUT2D eigenvalue weighted by molar-refractivity contribution is 6.00. The van der Waals surface area contributed by atoms with Crippen molar-refractivity contribution in [2.75, 3.05) is 6.54 Å². The Kier molecular flexibility index (Phi) is 3.75. The Morgan fingerprint density at radius 2 is 2.05 bits per heavy atom. The Labute approximate surface area is 122 Å². The van der Waals surface area contributed by atoms with Crippen LogP contribution in [-0.2, 0) is 0 Å². The Morgan fingerprint density at radius 3 is 2.71 bits per heavy atom. The maximum Gasteiger partial charge on any atom is 0.253 e. The lowest BCUT2D eigenvalue weighted by Gasteiger charge is -2.12. The highest BCUT2D eigenvalue weighted by Crippen LogP contribution is 2.31. The van der Waals surface area contributed by atoms with Gasteiger partial charge in [0.25, 0.3) is 5.91 Å². The van der Waals surface area contributed by atoms with E-state index in [1.807, 2.05) is 0 Å². The summed E-state index contributed by atoms with van der Waals surface area (Å²) in [6, 6.07) is 6.11. The lowest BCUT2D eigenvalue weighted by Crippen LogP contribution is -2.38. The van der Waals surface area contributed by atoms with Crippen molar-refractivity contribution in [1.82, 2.24) is 10.3 Å². The molecule has 0 bridgehead atoms. The summed E-state index contributed by atoms with van der Waals surface area (Å²) in [5.74, 6) is 0.0930. The number of hydrogen-bond acceptors (Lipinski definition) is 2. The van der Waals surface area contributed by atoms with Crippen LogP contribution >= 0.6 is 0 Å². The average Bonchev–Trinajstić information content (AvgIpc) is 3.23. The Morgan fingerprint density at radius 1 is 1.33 bits per heavy atom. The SMILES string of the molecule is NC(CNC(=O)c1c[nH]cc1-c1ccc(F)cc1)C1CC1. The summed E-state index contributed by atoms with van der Waals surface area (Å²) in [6.07, 6.45) is 5.70. The molecule has 1 heterocycles. The highest BCUT2D eigenvalue weighted by atomic mass is 19.1. The van der Waals surface area contributed by atoms with Crippen LogP contribution in [0.25, 0.3) is 11.1 Å². The molecule has 4 N–H and O–H groups in total. The smallest absolute Gasteiger partial charge is 0.253 e. The van der Waals surface area contributed by atoms with E-state index in [9.17, 15) is 9.18 Å². The zero-order valence-electron chi connectivity index (χ0n) is 11.6. The van der Waals surface area contributed by atoms with E-state index < -0.39 is 0 Å². The van der Waals surface area contributed by atoms with Gasteiger partial charge in [-0.3, -0.25) is 4.79 Å². The molecule has 0 radical (unpaired) electrons. The maximum atomic E-state index is 13.0. The van der Waals surface area contributed by atoms with Gasteiger partial charge in [-0.25, -0.2) is 4.39 Å². The molecular weight excluding hydrogens is 269 g/mol. The number of H-pyrrole nitrogens is 1. The molecule has 0 spiro atoms. The molecule has 1 aromatic carbocycles. The molecule has 1 unspecified atom stereocenters. The second-order valence-corrected chi connectivity index (χ2v) is 5.50. The minimum atomic E-state index is -0.296. The summed E-state index contributed by atoms with van der Waals surface area (Å²) < 4.78 is 13.0. The first kappa shape index (κ1) is 13.8. The molecule has 1 amide bonds. The second-order valence-electron chi connectivity index (χ2n) is 5.50. The summed E-state index contributed by atoms with van der Waals surface area (Å²) in [5.41, 5.74) is 8.09. The number of hydrogen-bond donors (Lipinski definition) is 3. The van der Waals surface area contributed by atoms with Crippen molar-refractivity contribution in [3.8, 4) is 11.1 Å². The number of carbonyl (C=O) groups is 1. The van der Waals surface area contributed by atoms with Crippen molar-refractivity contribution < 1.29 is 9.18 Å². The molecule has 1 aromatic heterocycles. The van der Waals surface area contributed by atoms with Gasteiger partial charge in [0.15, 0.2) is 0 Å². The van der Waals surface area contributed by atoms with Crippen LogP contribution in [0.15, 0.2) is 36.7 Å². The van der Waals surface area contributed by atoms with Crippen LogP contribution in [0.1, 0.15) is 23.2 Å². The summed E-state index contributed by atoms with van der Waals surface area (Å²) >= 11 is 0. The van der Waals surface area contributed by atoms with Crippen LogP contribution < -0.4 is 11.1 Å². The average molecular weight is 287 g/mol. The third-order valence-corrected chi connectivity index (χ3v) is 3.87. The van der Waals surface area contributed by atoms with E-state index in [4.69, 9.17) is 5.73 Å². The van der Waals surface area contributed by atoms with E-state index in [1.165, 1.54) is 12.1 Å². The monoisotopic (exact) mass is 287 g/mol. The number of benzene rings is 1. The summed E-state index contributed by atoms with van der Waals surface area (Å²) in [7, 11) is 0. The highest BCUT2D eigenvalue weighted by Gasteiger charge is 2.28. The van der Waals surface area contributed by atoms with E-state index in [2.05, 4.69) is 10.3 Å². The first-order valence-corrected chi connectivity index (χ1v) is 7.11. The lowest BCUT2D eigenvalue weighted by molar-refractivity contribution is 0.0951. The second kappa shape index (κ2) is 5.69. The molecular formula is C16H18FN3O. The predicted octanol–water partition coefficient (Wildman–Crippen LogP) is 2.29. The van der Waals surface area contributed by atoms with Gasteiger partial charge < -0.3 is 16.0 Å². The van der Waals surface area contributed by atoms with Gasteiger partial charge in [-0.15, -0.1) is 0 Å². The molecule has 5 heteroatoms. The molecule has 3 rings (SSSR count). The van der Waals surface area contributed by atoms with Crippen LogP contribution in [0, 0.1) is 11.7 Å². The van der Waals surface area contributed by atoms with E-state index in [0.717, 1.165) is 24.0 Å². The van der Waals surface area contributed by atoms with E-state index in [-0.39, 0.29) is 17.8 Å². The topological polar surface area (TPSA) is 70.9 Å². The molecule has 2 aromatic rings. The quantitative estimate of drug-likeness (QED) is 0.789. The number of nitrogens with two attached hydrogens (primary N) is 1. The van der Waals surface area contributed by atoms with Gasteiger partial charge in [-0.1, -0.05) is 12.1 Å². The number of carbonyl (C=O) groups excluding carboxylic acids is 1. The van der Waals surface area contributed by atoms with E-state index >= 15 is 0 Å². The van der Waals surface area contributed by atoms with Crippen molar-refractivity contribution in [3.05, 3.63) is 48.0 Å². The maximum absolute atomic E-state index is 13.0. The van der Waals surface area contributed by atoms with Gasteiger partial charge in [0.1, 0.15) is 5.82 Å². The predicted molar refractivity (Wildman–Crippen MR) is 79.2 cm³/mol. The fourth-order valence-corrected chi connectivity index (χ4v) is 2.42. The fourth-order valence-electron chi connectivity index (χ4n) is 2.42. The van der Waals surface area contributed by atoms with Crippen LogP contribution in [0.5, 0.6) is 0 Å². The zero-order chi connectivity index (χ0) is 14.8. The molecule has 21 heavy (non-hydrogen) atoms. The molecule has 1 atom stereocenters. The van der Waals surface area contributed by atoms with Gasteiger partial charge in [-0.05, 0) is 36.5 Å². The zero-order valence-corrected chi connectivity index (χ0v) is 11.6. The van der Waals surface area contributed by atoms with Gasteiger partial charge >= 0.3 is 0 Å². The van der Waals surface area contributed by atoms with Crippen LogP contribution in [0.2, 0.25) is 0 Å². The molecule has 4 nitrogen and oxygen atoms in total. The standard InChI is InChI=1S/C16H18FN3O/c17-12-5-3-10(4-6-12)13-7-19-8-14(13)16(21)20-9-15(18)11-1-2-11/h3-8,11,15,19H,1-2,9,18H2,(H,20,21). The van der Waals surface area contributed by atoms with Gasteiger partial charge in [0, 0.05) is 30.5 Å². The normalized spacial score (nSPS) is 15.7. The number of halogens is 1. The third kappa shape index (κ3) is 3.13. The van der Waals surface area contributed by atoms with E-state index in [1.54, 1.807) is 24.5 Å². The van der Waals surface area contributed by atoms with Crippen LogP contribution in [0.3, 0.4) is 0 Å². The number of nitrogens with one attached hydrogen (secondary N) is 2. The molecule has 0 saturated heterocycles. The van der Waals surface area contributed by atoms with Crippen LogP contribution in [0.4, 0.5) is 4.39 Å². The number of rotatable bonds is 5. The van der Waals surface area contributed by atoms with Crippen LogP contribution in [-0.4, -0.2) is 23.5 Å². The van der Waals surface area contributed by atoms with Gasteiger partial charge in [0.05, 0.1) is 5.56 Å².